The summed E-state index contributed by atoms with van der Waals surface area (Å²) in [5, 5.41) is 3.66. The van der Waals surface area contributed by atoms with Gasteiger partial charge in [-0.05, 0) is 30.4 Å². The van der Waals surface area contributed by atoms with Gasteiger partial charge >= 0.3 is 0 Å². The number of rotatable bonds is 2. The van der Waals surface area contributed by atoms with E-state index in [-0.39, 0.29) is 5.28 Å². The zero-order chi connectivity index (χ0) is 12.3. The fourth-order valence-electron chi connectivity index (χ4n) is 2.37. The van der Waals surface area contributed by atoms with E-state index < -0.39 is 0 Å². The Hall–Kier alpha value is -1.03. The predicted molar refractivity (Wildman–Crippen MR) is 71.1 cm³/mol. The first kappa shape index (κ1) is 12.4. The molecule has 3 N–H and O–H groups in total. The van der Waals surface area contributed by atoms with E-state index >= 15 is 0 Å². The highest BCUT2D eigenvalue weighted by Crippen LogP contribution is 2.27. The van der Waals surface area contributed by atoms with Gasteiger partial charge in [-0.15, -0.1) is 0 Å². The molecule has 0 amide bonds. The van der Waals surface area contributed by atoms with Crippen molar-refractivity contribution in [3.8, 4) is 0 Å². The van der Waals surface area contributed by atoms with E-state index in [0.29, 0.717) is 23.5 Å². The molecule has 1 aromatic heterocycles. The smallest absolute Gasteiger partial charge is 0.224 e. The number of halogens is 1. The van der Waals surface area contributed by atoms with Crippen molar-refractivity contribution in [1.29, 1.82) is 0 Å². The molecule has 2 atom stereocenters. The van der Waals surface area contributed by atoms with Crippen LogP contribution >= 0.6 is 11.6 Å². The molecule has 1 heterocycles. The van der Waals surface area contributed by atoms with Gasteiger partial charge in [-0.2, -0.15) is 4.98 Å². The molecule has 17 heavy (non-hydrogen) atoms. The molecule has 0 spiro atoms. The van der Waals surface area contributed by atoms with E-state index in [9.17, 15) is 0 Å². The third kappa shape index (κ3) is 3.22. The van der Waals surface area contributed by atoms with E-state index in [0.717, 1.165) is 0 Å². The molecule has 0 aliphatic heterocycles. The number of hydrogen-bond acceptors (Lipinski definition) is 4. The summed E-state index contributed by atoms with van der Waals surface area (Å²) in [5.41, 5.74) is 6.41. The lowest BCUT2D eigenvalue weighted by molar-refractivity contribution is 0.456. The number of nitrogens with two attached hydrogens (primary N) is 1. The minimum atomic E-state index is 0.239. The van der Waals surface area contributed by atoms with Gasteiger partial charge in [0.1, 0.15) is 0 Å². The van der Waals surface area contributed by atoms with Gasteiger partial charge in [0, 0.05) is 6.04 Å². The quantitative estimate of drug-likeness (QED) is 0.629. The van der Waals surface area contributed by atoms with Crippen LogP contribution < -0.4 is 11.1 Å². The van der Waals surface area contributed by atoms with Crippen LogP contribution in [0.5, 0.6) is 0 Å². The Bertz CT molecular complexity index is 383. The number of aromatic nitrogens is 2. The molecule has 1 fully saturated rings. The molecule has 1 aliphatic carbocycles. The summed E-state index contributed by atoms with van der Waals surface area (Å²) in [7, 11) is 0. The summed E-state index contributed by atoms with van der Waals surface area (Å²) < 4.78 is 0. The summed E-state index contributed by atoms with van der Waals surface area (Å²) >= 11 is 5.79. The third-order valence-corrected chi connectivity index (χ3v) is 3.65. The Balaban J connectivity index is 2.10. The van der Waals surface area contributed by atoms with Gasteiger partial charge in [-0.25, -0.2) is 4.98 Å². The molecule has 2 rings (SSSR count). The highest BCUT2D eigenvalue weighted by molar-refractivity contribution is 6.28. The Morgan fingerprint density at radius 2 is 2.12 bits per heavy atom. The molecule has 0 radical (unpaired) electrons. The van der Waals surface area contributed by atoms with Crippen LogP contribution in [0.1, 0.15) is 39.0 Å². The van der Waals surface area contributed by atoms with E-state index in [1.807, 2.05) is 0 Å². The Labute approximate surface area is 107 Å². The van der Waals surface area contributed by atoms with Crippen LogP contribution in [0.2, 0.25) is 5.28 Å². The van der Waals surface area contributed by atoms with E-state index in [4.69, 9.17) is 17.3 Å². The monoisotopic (exact) mass is 254 g/mol. The first-order valence-electron chi connectivity index (χ1n) is 6.21. The van der Waals surface area contributed by atoms with Gasteiger partial charge in [0.05, 0.1) is 11.9 Å². The normalized spacial score (nSPS) is 25.3. The molecule has 0 saturated heterocycles. The Morgan fingerprint density at radius 3 is 2.94 bits per heavy atom. The lowest BCUT2D eigenvalue weighted by Crippen LogP contribution is -2.27. The van der Waals surface area contributed by atoms with Crippen molar-refractivity contribution in [2.24, 2.45) is 5.92 Å². The number of hydrogen-bond donors (Lipinski definition) is 2. The van der Waals surface area contributed by atoms with Gasteiger partial charge in [0.2, 0.25) is 5.28 Å². The molecule has 94 valence electrons. The molecule has 1 aromatic rings. The van der Waals surface area contributed by atoms with Crippen molar-refractivity contribution in [3.05, 3.63) is 11.5 Å². The predicted octanol–water partition coefficient (Wildman–Crippen LogP) is 3.09. The molecular weight excluding hydrogens is 236 g/mol. The molecule has 1 aliphatic rings. The molecule has 5 heteroatoms. The minimum Gasteiger partial charge on any atom is -0.394 e. The standard InChI is InChI=1S/C12H19ClN4/c1-8-5-3-2-4-6-10(8)16-11-9(14)7-15-12(13)17-11/h7-8,10H,2-6,14H2,1H3,(H,15,16,17). The largest absolute Gasteiger partial charge is 0.394 e. The third-order valence-electron chi connectivity index (χ3n) is 3.47. The zero-order valence-corrected chi connectivity index (χ0v) is 10.9. The van der Waals surface area contributed by atoms with Crippen molar-refractivity contribution < 1.29 is 0 Å². The first-order valence-corrected chi connectivity index (χ1v) is 6.59. The number of nitrogens with zero attached hydrogens (tertiary/aromatic N) is 2. The fourth-order valence-corrected chi connectivity index (χ4v) is 2.50. The van der Waals surface area contributed by atoms with E-state index in [2.05, 4.69) is 22.2 Å². The van der Waals surface area contributed by atoms with Crippen LogP contribution in [0.15, 0.2) is 6.20 Å². The maximum atomic E-state index is 5.84. The second-order valence-corrected chi connectivity index (χ2v) is 5.15. The van der Waals surface area contributed by atoms with E-state index in [1.54, 1.807) is 6.20 Å². The van der Waals surface area contributed by atoms with Crippen molar-refractivity contribution in [3.63, 3.8) is 0 Å². The lowest BCUT2D eigenvalue weighted by Gasteiger charge is -2.23. The maximum Gasteiger partial charge on any atom is 0.224 e. The second-order valence-electron chi connectivity index (χ2n) is 4.81. The number of nitrogens with one attached hydrogen (secondary N) is 1. The first-order chi connectivity index (χ1) is 8.16. The SMILES string of the molecule is CC1CCCCCC1Nc1nc(Cl)ncc1N. The van der Waals surface area contributed by atoms with Crippen LogP contribution in [0.4, 0.5) is 11.5 Å². The van der Waals surface area contributed by atoms with Crippen LogP contribution in [0.3, 0.4) is 0 Å². The van der Waals surface area contributed by atoms with Crippen LogP contribution in [-0.2, 0) is 0 Å². The van der Waals surface area contributed by atoms with Crippen LogP contribution in [0.25, 0.3) is 0 Å². The number of nitrogen functional groups attached to an aromatic ring is 1. The molecule has 0 aromatic carbocycles. The molecular formula is C12H19ClN4. The molecule has 1 saturated carbocycles. The van der Waals surface area contributed by atoms with Crippen molar-refractivity contribution in [2.45, 2.75) is 45.1 Å². The molecule has 0 bridgehead atoms. The van der Waals surface area contributed by atoms with Crippen molar-refractivity contribution >= 4 is 23.1 Å². The highest BCUT2D eigenvalue weighted by Gasteiger charge is 2.20. The highest BCUT2D eigenvalue weighted by atomic mass is 35.5. The van der Waals surface area contributed by atoms with Gasteiger partial charge in [-0.3, -0.25) is 0 Å². The summed E-state index contributed by atoms with van der Waals surface area (Å²) in [6.45, 7) is 2.28. The van der Waals surface area contributed by atoms with Crippen LogP contribution in [-0.4, -0.2) is 16.0 Å². The summed E-state index contributed by atoms with van der Waals surface area (Å²) in [4.78, 5) is 8.01. The number of anilines is 2. The van der Waals surface area contributed by atoms with Crippen molar-refractivity contribution in [2.75, 3.05) is 11.1 Å². The van der Waals surface area contributed by atoms with E-state index in [1.165, 1.54) is 32.1 Å². The van der Waals surface area contributed by atoms with Gasteiger partial charge in [-0.1, -0.05) is 26.2 Å². The van der Waals surface area contributed by atoms with Gasteiger partial charge in [0.15, 0.2) is 5.82 Å². The summed E-state index contributed by atoms with van der Waals surface area (Å²) in [6.07, 6.45) is 7.89. The van der Waals surface area contributed by atoms with Crippen LogP contribution in [0, 0.1) is 5.92 Å². The summed E-state index contributed by atoms with van der Waals surface area (Å²) in [6, 6.07) is 0.436. The maximum absolute atomic E-state index is 5.84. The second kappa shape index (κ2) is 5.54. The average Bonchev–Trinajstić information content (AvgIpc) is 2.50. The minimum absolute atomic E-state index is 0.239. The molecule has 4 nitrogen and oxygen atoms in total. The fraction of sp³-hybridized carbons (Fsp3) is 0.667. The zero-order valence-electron chi connectivity index (χ0n) is 10.1. The van der Waals surface area contributed by atoms with Gasteiger partial charge < -0.3 is 11.1 Å². The van der Waals surface area contributed by atoms with Crippen molar-refractivity contribution in [1.82, 2.24) is 9.97 Å². The lowest BCUT2D eigenvalue weighted by atomic mass is 9.97. The van der Waals surface area contributed by atoms with Gasteiger partial charge in [0.25, 0.3) is 0 Å². The Kier molecular flexibility index (Phi) is 4.05. The molecule has 2 unspecified atom stereocenters. The topological polar surface area (TPSA) is 63.8 Å². The summed E-state index contributed by atoms with van der Waals surface area (Å²) in [5.74, 6) is 1.31. The Morgan fingerprint density at radius 1 is 1.35 bits per heavy atom. The average molecular weight is 255 g/mol.